The number of hydrogen-bond acceptors (Lipinski definition) is 5. The Balaban J connectivity index is 1.38. The third-order valence-corrected chi connectivity index (χ3v) is 9.92. The molecule has 1 unspecified atom stereocenters. The monoisotopic (exact) mass is 701 g/mol. The highest BCUT2D eigenvalue weighted by molar-refractivity contribution is 5.96. The molecule has 0 spiro atoms. The van der Waals surface area contributed by atoms with E-state index in [2.05, 4.69) is 26.3 Å². The van der Waals surface area contributed by atoms with Crippen LogP contribution < -0.4 is 21.3 Å². The molecule has 1 aliphatic heterocycles. The summed E-state index contributed by atoms with van der Waals surface area (Å²) in [5.74, 6) is -2.84. The Bertz CT molecular complexity index is 1720. The zero-order valence-electron chi connectivity index (χ0n) is 28.1. The Morgan fingerprint density at radius 1 is 1.02 bits per heavy atom. The summed E-state index contributed by atoms with van der Waals surface area (Å²) < 4.78 is 61.2. The van der Waals surface area contributed by atoms with Gasteiger partial charge in [0.1, 0.15) is 11.4 Å². The van der Waals surface area contributed by atoms with Crippen LogP contribution in [0.2, 0.25) is 0 Å². The molecule has 1 aliphatic carbocycles. The highest BCUT2D eigenvalue weighted by Crippen LogP contribution is 2.40. The number of fused-ring (bicyclic) bond motifs is 3. The number of hydrogen-bond donors (Lipinski definition) is 5. The standard InChI is InChI=1S/C36H43F4N5O5/c1-3-21(2)29(19-42-33(48)22-12-15-50-16-13-22)44-34(49)35(45-31(47)20-41-30(46)17-23-7-4-5-10-27(23)37)14-11-28-25(18-35)24-8-6-9-26(32(24)43-28)36(38,39)40/h4-10,21-22,29,43H,3,11-20H2,1-2H3,(H,41,46)(H,42,48)(H,44,49)(H,45,47)/t21?,29-,35-/m1/s1. The first-order valence-corrected chi connectivity index (χ1v) is 17.0. The molecular formula is C36H43F4N5O5. The van der Waals surface area contributed by atoms with Crippen molar-refractivity contribution in [1.29, 1.82) is 0 Å². The maximum absolute atomic E-state index is 14.4. The fourth-order valence-corrected chi connectivity index (χ4v) is 6.73. The second-order valence-electron chi connectivity index (χ2n) is 13.3. The van der Waals surface area contributed by atoms with Crippen LogP contribution in [0, 0.1) is 17.7 Å². The van der Waals surface area contributed by atoms with Gasteiger partial charge in [-0.1, -0.05) is 50.6 Å². The van der Waals surface area contributed by atoms with E-state index >= 15 is 0 Å². The summed E-state index contributed by atoms with van der Waals surface area (Å²) in [6.07, 6.45) is -2.97. The molecule has 3 aromatic rings. The number of carbonyl (C=O) groups is 4. The van der Waals surface area contributed by atoms with Gasteiger partial charge in [-0.15, -0.1) is 0 Å². The molecule has 1 saturated heterocycles. The van der Waals surface area contributed by atoms with Crippen LogP contribution in [-0.2, 0) is 49.4 Å². The molecule has 5 rings (SSSR count). The van der Waals surface area contributed by atoms with E-state index in [4.69, 9.17) is 4.74 Å². The van der Waals surface area contributed by atoms with E-state index in [0.717, 1.165) is 6.07 Å². The van der Waals surface area contributed by atoms with Gasteiger partial charge in [0.15, 0.2) is 0 Å². The number of para-hydroxylation sites is 1. The first-order valence-electron chi connectivity index (χ1n) is 17.0. The molecule has 14 heteroatoms. The summed E-state index contributed by atoms with van der Waals surface area (Å²) in [6.45, 7) is 4.49. The van der Waals surface area contributed by atoms with E-state index in [1.807, 2.05) is 13.8 Å². The fourth-order valence-electron chi connectivity index (χ4n) is 6.73. The Labute approximate surface area is 287 Å². The molecule has 0 radical (unpaired) electrons. The average molecular weight is 702 g/mol. The van der Waals surface area contributed by atoms with Gasteiger partial charge < -0.3 is 31.0 Å². The number of ether oxygens (including phenoxy) is 1. The number of nitrogens with one attached hydrogen (secondary N) is 5. The average Bonchev–Trinajstić information content (AvgIpc) is 3.47. The molecule has 10 nitrogen and oxygen atoms in total. The van der Waals surface area contributed by atoms with E-state index in [0.29, 0.717) is 49.1 Å². The van der Waals surface area contributed by atoms with Crippen molar-refractivity contribution in [1.82, 2.24) is 26.3 Å². The number of alkyl halides is 3. The predicted octanol–water partition coefficient (Wildman–Crippen LogP) is 4.10. The van der Waals surface area contributed by atoms with E-state index in [1.165, 1.54) is 24.3 Å². The molecule has 1 aromatic heterocycles. The van der Waals surface area contributed by atoms with Crippen LogP contribution in [0.3, 0.4) is 0 Å². The van der Waals surface area contributed by atoms with Gasteiger partial charge in [0.25, 0.3) is 0 Å². The normalized spacial score (nSPS) is 19.2. The molecular weight excluding hydrogens is 658 g/mol. The number of aromatic amines is 1. The second-order valence-corrected chi connectivity index (χ2v) is 13.3. The van der Waals surface area contributed by atoms with E-state index < -0.39 is 53.4 Å². The minimum absolute atomic E-state index is 0.0522. The van der Waals surface area contributed by atoms with Gasteiger partial charge in [0, 0.05) is 49.2 Å². The number of carbonyl (C=O) groups excluding carboxylic acids is 4. The van der Waals surface area contributed by atoms with Crippen LogP contribution in [0.15, 0.2) is 42.5 Å². The molecule has 2 aliphatic rings. The Morgan fingerprint density at radius 3 is 2.46 bits per heavy atom. The van der Waals surface area contributed by atoms with Crippen LogP contribution in [0.1, 0.15) is 61.9 Å². The summed E-state index contributed by atoms with van der Waals surface area (Å²) in [4.78, 5) is 56.2. The highest BCUT2D eigenvalue weighted by Gasteiger charge is 2.45. The lowest BCUT2D eigenvalue weighted by atomic mass is 9.78. The van der Waals surface area contributed by atoms with Crippen LogP contribution in [0.5, 0.6) is 0 Å². The largest absolute Gasteiger partial charge is 0.418 e. The molecule has 4 amide bonds. The summed E-state index contributed by atoms with van der Waals surface area (Å²) in [5.41, 5.74) is -1.36. The first-order chi connectivity index (χ1) is 23.8. The number of amides is 4. The molecule has 2 heterocycles. The van der Waals surface area contributed by atoms with E-state index in [1.54, 1.807) is 12.1 Å². The summed E-state index contributed by atoms with van der Waals surface area (Å²) in [5, 5.41) is 11.6. The number of benzene rings is 2. The van der Waals surface area contributed by atoms with Gasteiger partial charge in [0.2, 0.25) is 23.6 Å². The lowest BCUT2D eigenvalue weighted by molar-refractivity contribution is -0.136. The summed E-state index contributed by atoms with van der Waals surface area (Å²) in [7, 11) is 0. The quantitative estimate of drug-likeness (QED) is 0.181. The van der Waals surface area contributed by atoms with Gasteiger partial charge in [-0.05, 0) is 54.9 Å². The van der Waals surface area contributed by atoms with Crippen molar-refractivity contribution in [3.05, 3.63) is 70.7 Å². The number of halogens is 4. The van der Waals surface area contributed by atoms with Crippen molar-refractivity contribution < 1.29 is 41.5 Å². The SMILES string of the molecule is CCC(C)[C@@H](CNC(=O)C1CCOCC1)NC(=O)[C@@]1(NC(=O)CNC(=O)Cc2ccccc2F)CCc2[nH]c3c(C(F)(F)F)cccc3c2C1. The molecule has 50 heavy (non-hydrogen) atoms. The number of aryl methyl sites for hydroxylation is 1. The Kier molecular flexibility index (Phi) is 11.5. The van der Waals surface area contributed by atoms with Crippen molar-refractivity contribution in [3.63, 3.8) is 0 Å². The topological polar surface area (TPSA) is 141 Å². The summed E-state index contributed by atoms with van der Waals surface area (Å²) in [6, 6.07) is 9.08. The molecule has 5 N–H and O–H groups in total. The van der Waals surface area contributed by atoms with Crippen molar-refractivity contribution in [2.75, 3.05) is 26.3 Å². The Hall–Kier alpha value is -4.46. The van der Waals surface area contributed by atoms with Gasteiger partial charge in [-0.3, -0.25) is 19.2 Å². The highest BCUT2D eigenvalue weighted by atomic mass is 19.4. The molecule has 3 atom stereocenters. The molecule has 0 bridgehead atoms. The second kappa shape index (κ2) is 15.6. The molecule has 270 valence electrons. The van der Waals surface area contributed by atoms with E-state index in [9.17, 15) is 36.7 Å². The van der Waals surface area contributed by atoms with Crippen LogP contribution in [0.25, 0.3) is 10.9 Å². The predicted molar refractivity (Wildman–Crippen MR) is 177 cm³/mol. The zero-order valence-corrected chi connectivity index (χ0v) is 28.1. The van der Waals surface area contributed by atoms with Crippen molar-refractivity contribution in [2.24, 2.45) is 11.8 Å². The first kappa shape index (κ1) is 36.8. The van der Waals surface area contributed by atoms with Gasteiger partial charge in [-0.2, -0.15) is 13.2 Å². The maximum atomic E-state index is 14.4. The van der Waals surface area contributed by atoms with Crippen molar-refractivity contribution >= 4 is 34.5 Å². The zero-order chi connectivity index (χ0) is 36.1. The van der Waals surface area contributed by atoms with Crippen LogP contribution >= 0.6 is 0 Å². The smallest absolute Gasteiger partial charge is 0.381 e. The van der Waals surface area contributed by atoms with Crippen molar-refractivity contribution in [3.8, 4) is 0 Å². The van der Waals surface area contributed by atoms with Gasteiger partial charge in [0.05, 0.1) is 24.0 Å². The van der Waals surface area contributed by atoms with Crippen LogP contribution in [-0.4, -0.2) is 66.5 Å². The molecule has 2 aromatic carbocycles. The molecule has 0 saturated carbocycles. The number of aromatic nitrogens is 1. The van der Waals surface area contributed by atoms with Gasteiger partial charge >= 0.3 is 6.18 Å². The van der Waals surface area contributed by atoms with E-state index in [-0.39, 0.29) is 61.1 Å². The maximum Gasteiger partial charge on any atom is 0.418 e. The Morgan fingerprint density at radius 2 is 1.76 bits per heavy atom. The lowest BCUT2D eigenvalue weighted by Gasteiger charge is -2.39. The van der Waals surface area contributed by atoms with Crippen molar-refractivity contribution in [2.45, 2.75) is 76.6 Å². The fraction of sp³-hybridized carbons (Fsp3) is 0.500. The third-order valence-electron chi connectivity index (χ3n) is 9.92. The van der Waals surface area contributed by atoms with Gasteiger partial charge in [-0.25, -0.2) is 4.39 Å². The number of H-pyrrole nitrogens is 1. The number of rotatable bonds is 12. The third kappa shape index (κ3) is 8.45. The molecule has 1 fully saturated rings. The lowest BCUT2D eigenvalue weighted by Crippen LogP contribution is -2.65. The minimum atomic E-state index is -4.62. The summed E-state index contributed by atoms with van der Waals surface area (Å²) >= 11 is 0. The van der Waals surface area contributed by atoms with Crippen LogP contribution in [0.4, 0.5) is 17.6 Å². The minimum Gasteiger partial charge on any atom is -0.381 e.